The van der Waals surface area contributed by atoms with Crippen LogP contribution in [0.4, 0.5) is 5.69 Å². The van der Waals surface area contributed by atoms with Gasteiger partial charge in [-0.1, -0.05) is 46.8 Å². The molecule has 2 rings (SSSR count). The van der Waals surface area contributed by atoms with Gasteiger partial charge in [-0.15, -0.1) is 0 Å². The third kappa shape index (κ3) is 4.84. The Morgan fingerprint density at radius 2 is 2.09 bits per heavy atom. The van der Waals surface area contributed by atoms with Gasteiger partial charge in [0.05, 0.1) is 6.20 Å². The van der Waals surface area contributed by atoms with E-state index in [0.29, 0.717) is 24.3 Å². The molecule has 0 saturated carbocycles. The molecule has 0 aliphatic heterocycles. The molecule has 0 saturated heterocycles. The summed E-state index contributed by atoms with van der Waals surface area (Å²) < 4.78 is 5.70. The number of aromatic nitrogens is 1. The molecule has 0 aliphatic rings. The third-order valence-corrected chi connectivity index (χ3v) is 3.50. The molecule has 0 bridgehead atoms. The Morgan fingerprint density at radius 1 is 1.35 bits per heavy atom. The molecule has 23 heavy (non-hydrogen) atoms. The van der Waals surface area contributed by atoms with Crippen LogP contribution in [-0.2, 0) is 12.0 Å². The largest absolute Gasteiger partial charge is 0.443 e. The van der Waals surface area contributed by atoms with E-state index in [2.05, 4.69) is 62.0 Å². The fourth-order valence-corrected chi connectivity index (χ4v) is 2.05. The first-order valence-corrected chi connectivity index (χ1v) is 7.88. The maximum atomic E-state index is 5.94. The van der Waals surface area contributed by atoms with Crippen LogP contribution in [0, 0.1) is 0 Å². The van der Waals surface area contributed by atoms with Crippen molar-refractivity contribution in [1.29, 1.82) is 0 Å². The highest BCUT2D eigenvalue weighted by Gasteiger charge is 2.18. The summed E-state index contributed by atoms with van der Waals surface area (Å²) in [5, 5.41) is 3.10. The highest BCUT2D eigenvalue weighted by molar-refractivity contribution is 5.92. The Morgan fingerprint density at radius 3 is 2.70 bits per heavy atom. The van der Waals surface area contributed by atoms with Crippen LogP contribution in [0.1, 0.15) is 57.8 Å². The van der Waals surface area contributed by atoms with Gasteiger partial charge in [-0.2, -0.15) is 0 Å². The van der Waals surface area contributed by atoms with Crippen LogP contribution >= 0.6 is 0 Å². The number of aliphatic imine (C=N–C) groups is 1. The van der Waals surface area contributed by atoms with Crippen molar-refractivity contribution in [3.63, 3.8) is 0 Å². The van der Waals surface area contributed by atoms with E-state index in [9.17, 15) is 0 Å². The van der Waals surface area contributed by atoms with Crippen LogP contribution < -0.4 is 11.1 Å². The predicted molar refractivity (Wildman–Crippen MR) is 94.7 cm³/mol. The highest BCUT2D eigenvalue weighted by Crippen LogP contribution is 2.23. The zero-order valence-corrected chi connectivity index (χ0v) is 14.6. The summed E-state index contributed by atoms with van der Waals surface area (Å²) in [7, 11) is 0. The normalized spacial score (nSPS) is 12.7. The number of nitrogens with one attached hydrogen (secondary N) is 1. The van der Waals surface area contributed by atoms with E-state index in [-0.39, 0.29) is 5.41 Å². The summed E-state index contributed by atoms with van der Waals surface area (Å²) >= 11 is 0. The maximum Gasteiger partial charge on any atom is 0.216 e. The first-order chi connectivity index (χ1) is 10.8. The number of oxazole rings is 1. The highest BCUT2D eigenvalue weighted by atomic mass is 16.4. The second-order valence-corrected chi connectivity index (χ2v) is 6.97. The number of nitrogens with zero attached hydrogens (tertiary/aromatic N) is 2. The summed E-state index contributed by atoms with van der Waals surface area (Å²) in [5.74, 6) is 2.23. The van der Waals surface area contributed by atoms with Crippen molar-refractivity contribution in [3.05, 3.63) is 47.7 Å². The minimum Gasteiger partial charge on any atom is -0.443 e. The van der Waals surface area contributed by atoms with Gasteiger partial charge >= 0.3 is 0 Å². The SMILES string of the molecule is CC(C)c1cccc(NC(N)=NCc2ncc(C(C)(C)C)o2)c1. The number of benzene rings is 1. The molecule has 0 atom stereocenters. The molecule has 124 valence electrons. The van der Waals surface area contributed by atoms with Gasteiger partial charge < -0.3 is 15.5 Å². The molecule has 0 aliphatic carbocycles. The Balaban J connectivity index is 2.00. The molecule has 3 N–H and O–H groups in total. The molecular formula is C18H26N4O. The zero-order valence-electron chi connectivity index (χ0n) is 14.6. The van der Waals surface area contributed by atoms with E-state index in [1.54, 1.807) is 6.20 Å². The fourth-order valence-electron chi connectivity index (χ4n) is 2.05. The minimum atomic E-state index is -0.0595. The zero-order chi connectivity index (χ0) is 17.0. The fraction of sp³-hybridized carbons (Fsp3) is 0.444. The van der Waals surface area contributed by atoms with Gasteiger partial charge in [0.25, 0.3) is 0 Å². The van der Waals surface area contributed by atoms with Gasteiger partial charge in [-0.25, -0.2) is 9.98 Å². The van der Waals surface area contributed by atoms with Crippen molar-refractivity contribution in [3.8, 4) is 0 Å². The molecule has 0 radical (unpaired) electrons. The Bertz CT molecular complexity index is 680. The first-order valence-electron chi connectivity index (χ1n) is 7.88. The van der Waals surface area contributed by atoms with E-state index in [1.807, 2.05) is 12.1 Å². The molecule has 1 aromatic heterocycles. The number of hydrogen-bond donors (Lipinski definition) is 2. The van der Waals surface area contributed by atoms with Gasteiger partial charge in [0.15, 0.2) is 5.96 Å². The van der Waals surface area contributed by atoms with Crippen molar-refractivity contribution in [2.75, 3.05) is 5.32 Å². The van der Waals surface area contributed by atoms with Crippen LogP contribution in [0.25, 0.3) is 0 Å². The van der Waals surface area contributed by atoms with Crippen molar-refractivity contribution >= 4 is 11.6 Å². The van der Waals surface area contributed by atoms with E-state index in [4.69, 9.17) is 10.2 Å². The number of guanidine groups is 1. The van der Waals surface area contributed by atoms with E-state index >= 15 is 0 Å². The van der Waals surface area contributed by atoms with Crippen LogP contribution in [0.15, 0.2) is 39.9 Å². The molecule has 0 unspecified atom stereocenters. The smallest absolute Gasteiger partial charge is 0.216 e. The first kappa shape index (κ1) is 17.1. The quantitative estimate of drug-likeness (QED) is 0.660. The predicted octanol–water partition coefficient (Wildman–Crippen LogP) is 4.02. The average molecular weight is 314 g/mol. The summed E-state index contributed by atoms with van der Waals surface area (Å²) in [6, 6.07) is 8.16. The minimum absolute atomic E-state index is 0.0595. The average Bonchev–Trinajstić information content (AvgIpc) is 2.94. The number of nitrogens with two attached hydrogens (primary N) is 1. The summed E-state index contributed by atoms with van der Waals surface area (Å²) in [6.45, 7) is 10.9. The molecule has 1 heterocycles. The molecule has 5 heteroatoms. The van der Waals surface area contributed by atoms with Gasteiger partial charge in [0.2, 0.25) is 5.89 Å². The lowest BCUT2D eigenvalue weighted by molar-refractivity contribution is 0.383. The van der Waals surface area contributed by atoms with E-state index in [1.165, 1.54) is 5.56 Å². The Hall–Kier alpha value is -2.30. The number of hydrogen-bond acceptors (Lipinski definition) is 3. The molecule has 0 amide bonds. The monoisotopic (exact) mass is 314 g/mol. The third-order valence-electron chi connectivity index (χ3n) is 3.50. The van der Waals surface area contributed by atoms with Crippen molar-refractivity contribution < 1.29 is 4.42 Å². The summed E-state index contributed by atoms with van der Waals surface area (Å²) in [5.41, 5.74) is 8.07. The molecule has 0 fully saturated rings. The van der Waals surface area contributed by atoms with E-state index < -0.39 is 0 Å². The second-order valence-electron chi connectivity index (χ2n) is 6.97. The van der Waals surface area contributed by atoms with Gasteiger partial charge in [-0.3, -0.25) is 0 Å². The maximum absolute atomic E-state index is 5.94. The van der Waals surface area contributed by atoms with Gasteiger partial charge in [0.1, 0.15) is 12.3 Å². The van der Waals surface area contributed by atoms with Crippen LogP contribution in [0.2, 0.25) is 0 Å². The lowest BCUT2D eigenvalue weighted by Crippen LogP contribution is -2.22. The summed E-state index contributed by atoms with van der Waals surface area (Å²) in [6.07, 6.45) is 1.75. The number of anilines is 1. The van der Waals surface area contributed by atoms with Crippen LogP contribution in [0.3, 0.4) is 0 Å². The van der Waals surface area contributed by atoms with Gasteiger partial charge in [-0.05, 0) is 23.6 Å². The van der Waals surface area contributed by atoms with Crippen molar-refractivity contribution in [2.45, 2.75) is 52.5 Å². The van der Waals surface area contributed by atoms with E-state index in [0.717, 1.165) is 11.4 Å². The Kier molecular flexibility index (Phi) is 5.08. The lowest BCUT2D eigenvalue weighted by atomic mass is 9.94. The molecule has 0 spiro atoms. The second kappa shape index (κ2) is 6.86. The van der Waals surface area contributed by atoms with Crippen LogP contribution in [-0.4, -0.2) is 10.9 Å². The van der Waals surface area contributed by atoms with Crippen LogP contribution in [0.5, 0.6) is 0 Å². The molecule has 1 aromatic carbocycles. The number of rotatable bonds is 4. The van der Waals surface area contributed by atoms with Crippen molar-refractivity contribution in [1.82, 2.24) is 4.98 Å². The van der Waals surface area contributed by atoms with Gasteiger partial charge in [0, 0.05) is 11.1 Å². The standard InChI is InChI=1S/C18H26N4O/c1-12(2)13-7-6-8-14(9-13)22-17(19)21-11-16-20-10-15(23-16)18(3,4)5/h6-10,12H,11H2,1-5H3,(H3,19,21,22). The summed E-state index contributed by atoms with van der Waals surface area (Å²) in [4.78, 5) is 8.53. The Labute approximate surface area is 138 Å². The molecular weight excluding hydrogens is 288 g/mol. The lowest BCUT2D eigenvalue weighted by Gasteiger charge is -2.13. The van der Waals surface area contributed by atoms with Crippen molar-refractivity contribution in [2.24, 2.45) is 10.7 Å². The topological polar surface area (TPSA) is 76.4 Å². The molecule has 2 aromatic rings. The molecule has 5 nitrogen and oxygen atoms in total.